The molecule has 0 aliphatic rings. The smallest absolute Gasteiger partial charge is 0.124 e. The van der Waals surface area contributed by atoms with Crippen LogP contribution in [-0.4, -0.2) is 0 Å². The Bertz CT molecular complexity index is 451. The van der Waals surface area contributed by atoms with E-state index in [1.54, 1.807) is 6.07 Å². The molecule has 0 aliphatic heterocycles. The molecule has 2 aromatic rings. The fourth-order valence-electron chi connectivity index (χ4n) is 1.48. The first-order valence-corrected chi connectivity index (χ1v) is 5.11. The maximum Gasteiger partial charge on any atom is 0.124 e. The maximum atomic E-state index is 12.8. The molecule has 0 spiro atoms. The zero-order valence-corrected chi connectivity index (χ0v) is 8.84. The molecule has 2 aromatic carbocycles. The van der Waals surface area contributed by atoms with Gasteiger partial charge in [0, 0.05) is 5.02 Å². The van der Waals surface area contributed by atoms with Crippen LogP contribution in [0.15, 0.2) is 48.5 Å². The van der Waals surface area contributed by atoms with Gasteiger partial charge in [-0.1, -0.05) is 48.0 Å². The van der Waals surface area contributed by atoms with Crippen LogP contribution in [0, 0.1) is 5.82 Å². The minimum absolute atomic E-state index is 0.295. The lowest BCUT2D eigenvalue weighted by molar-refractivity contribution is 0.627. The highest BCUT2D eigenvalue weighted by Crippen LogP contribution is 2.20. The van der Waals surface area contributed by atoms with E-state index in [0.717, 1.165) is 12.0 Å². The standard InChI is InChI=1S/C13H10ClF/c14-13-9-12(15)7-6-11(13)8-10-4-2-1-3-5-10/h1-7,9H,8H2. The second-order valence-electron chi connectivity index (χ2n) is 3.40. The number of hydrogen-bond acceptors (Lipinski definition) is 0. The van der Waals surface area contributed by atoms with Gasteiger partial charge >= 0.3 is 0 Å². The Morgan fingerprint density at radius 2 is 1.73 bits per heavy atom. The van der Waals surface area contributed by atoms with Gasteiger partial charge in [0.15, 0.2) is 0 Å². The van der Waals surface area contributed by atoms with Gasteiger partial charge in [-0.05, 0) is 29.7 Å². The predicted molar refractivity (Wildman–Crippen MR) is 60.7 cm³/mol. The van der Waals surface area contributed by atoms with Crippen molar-refractivity contribution < 1.29 is 4.39 Å². The van der Waals surface area contributed by atoms with E-state index in [1.165, 1.54) is 17.7 Å². The first-order valence-electron chi connectivity index (χ1n) is 4.73. The Morgan fingerprint density at radius 3 is 2.40 bits per heavy atom. The van der Waals surface area contributed by atoms with Crippen molar-refractivity contribution in [2.75, 3.05) is 0 Å². The van der Waals surface area contributed by atoms with Crippen LogP contribution < -0.4 is 0 Å². The predicted octanol–water partition coefficient (Wildman–Crippen LogP) is 4.07. The third-order valence-corrected chi connectivity index (χ3v) is 2.60. The van der Waals surface area contributed by atoms with Gasteiger partial charge in [-0.2, -0.15) is 0 Å². The fourth-order valence-corrected chi connectivity index (χ4v) is 1.71. The first kappa shape index (κ1) is 10.2. The van der Waals surface area contributed by atoms with Gasteiger partial charge in [-0.3, -0.25) is 0 Å². The number of hydrogen-bond donors (Lipinski definition) is 0. The Labute approximate surface area is 93.3 Å². The molecule has 0 N–H and O–H groups in total. The Kier molecular flexibility index (Phi) is 3.02. The molecule has 0 fully saturated rings. The quantitative estimate of drug-likeness (QED) is 0.716. The lowest BCUT2D eigenvalue weighted by Crippen LogP contribution is -1.89. The molecule has 0 saturated heterocycles. The van der Waals surface area contributed by atoms with Crippen molar-refractivity contribution in [2.45, 2.75) is 6.42 Å². The molecular formula is C13H10ClF. The molecule has 0 atom stereocenters. The highest BCUT2D eigenvalue weighted by molar-refractivity contribution is 6.31. The lowest BCUT2D eigenvalue weighted by Gasteiger charge is -2.04. The summed E-state index contributed by atoms with van der Waals surface area (Å²) in [5.74, 6) is -0.295. The molecule has 2 heteroatoms. The van der Waals surface area contributed by atoms with Gasteiger partial charge in [0.1, 0.15) is 5.82 Å². The van der Waals surface area contributed by atoms with Crippen LogP contribution in [0.3, 0.4) is 0 Å². The van der Waals surface area contributed by atoms with Crippen LogP contribution in [0.2, 0.25) is 5.02 Å². The summed E-state index contributed by atoms with van der Waals surface area (Å²) in [6.07, 6.45) is 0.736. The third kappa shape index (κ3) is 2.57. The zero-order chi connectivity index (χ0) is 10.7. The second kappa shape index (κ2) is 4.45. The average Bonchev–Trinajstić information content (AvgIpc) is 2.24. The van der Waals surface area contributed by atoms with Gasteiger partial charge in [-0.15, -0.1) is 0 Å². The summed E-state index contributed by atoms with van der Waals surface area (Å²) in [4.78, 5) is 0. The summed E-state index contributed by atoms with van der Waals surface area (Å²) in [5, 5.41) is 0.485. The van der Waals surface area contributed by atoms with Crippen LogP contribution in [0.25, 0.3) is 0 Å². The molecule has 0 saturated carbocycles. The van der Waals surface area contributed by atoms with E-state index in [4.69, 9.17) is 11.6 Å². The second-order valence-corrected chi connectivity index (χ2v) is 3.81. The van der Waals surface area contributed by atoms with E-state index < -0.39 is 0 Å². The number of benzene rings is 2. The largest absolute Gasteiger partial charge is 0.207 e. The summed E-state index contributed by atoms with van der Waals surface area (Å²) in [5.41, 5.74) is 2.12. The monoisotopic (exact) mass is 220 g/mol. The van der Waals surface area contributed by atoms with Crippen LogP contribution >= 0.6 is 11.6 Å². The fraction of sp³-hybridized carbons (Fsp3) is 0.0769. The van der Waals surface area contributed by atoms with Crippen LogP contribution in [0.1, 0.15) is 11.1 Å². The van der Waals surface area contributed by atoms with E-state index >= 15 is 0 Å². The SMILES string of the molecule is Fc1ccc(Cc2ccccc2)c(Cl)c1. The highest BCUT2D eigenvalue weighted by Gasteiger charge is 2.02. The third-order valence-electron chi connectivity index (χ3n) is 2.25. The molecular weight excluding hydrogens is 211 g/mol. The summed E-state index contributed by atoms with van der Waals surface area (Å²) >= 11 is 5.94. The van der Waals surface area contributed by atoms with Crippen molar-refractivity contribution in [2.24, 2.45) is 0 Å². The normalized spacial score (nSPS) is 10.3. The van der Waals surface area contributed by atoms with E-state index in [0.29, 0.717) is 5.02 Å². The summed E-state index contributed by atoms with van der Waals surface area (Å²) < 4.78 is 12.8. The van der Waals surface area contributed by atoms with E-state index in [1.807, 2.05) is 30.3 Å². The molecule has 0 aromatic heterocycles. The lowest BCUT2D eigenvalue weighted by atomic mass is 10.1. The molecule has 76 valence electrons. The van der Waals surface area contributed by atoms with Gasteiger partial charge in [-0.25, -0.2) is 4.39 Å². The van der Waals surface area contributed by atoms with Crippen LogP contribution in [0.5, 0.6) is 0 Å². The Balaban J connectivity index is 2.25. The van der Waals surface area contributed by atoms with Crippen molar-refractivity contribution >= 4 is 11.6 Å². The van der Waals surface area contributed by atoms with Gasteiger partial charge < -0.3 is 0 Å². The van der Waals surface area contributed by atoms with Crippen molar-refractivity contribution in [1.82, 2.24) is 0 Å². The van der Waals surface area contributed by atoms with Gasteiger partial charge in [0.25, 0.3) is 0 Å². The number of halogens is 2. The molecule has 0 nitrogen and oxygen atoms in total. The highest BCUT2D eigenvalue weighted by atomic mass is 35.5. The molecule has 0 bridgehead atoms. The zero-order valence-electron chi connectivity index (χ0n) is 8.08. The molecule has 0 heterocycles. The number of rotatable bonds is 2. The van der Waals surface area contributed by atoms with E-state index in [2.05, 4.69) is 0 Å². The van der Waals surface area contributed by atoms with Crippen molar-refractivity contribution in [3.05, 3.63) is 70.5 Å². The summed E-state index contributed by atoms with van der Waals surface area (Å²) in [7, 11) is 0. The van der Waals surface area contributed by atoms with Crippen LogP contribution in [0.4, 0.5) is 4.39 Å². The van der Waals surface area contributed by atoms with Crippen molar-refractivity contribution in [3.63, 3.8) is 0 Å². The minimum atomic E-state index is -0.295. The molecule has 0 radical (unpaired) electrons. The molecule has 0 unspecified atom stereocenters. The summed E-state index contributed by atoms with van der Waals surface area (Å²) in [6, 6.07) is 14.5. The van der Waals surface area contributed by atoms with E-state index in [-0.39, 0.29) is 5.82 Å². The average molecular weight is 221 g/mol. The molecule has 0 amide bonds. The molecule has 2 rings (SSSR count). The maximum absolute atomic E-state index is 12.8. The molecule has 0 aliphatic carbocycles. The molecule has 15 heavy (non-hydrogen) atoms. The van der Waals surface area contributed by atoms with Crippen molar-refractivity contribution in [1.29, 1.82) is 0 Å². The van der Waals surface area contributed by atoms with Gasteiger partial charge in [0.05, 0.1) is 0 Å². The minimum Gasteiger partial charge on any atom is -0.207 e. The first-order chi connectivity index (χ1) is 7.25. The van der Waals surface area contributed by atoms with Crippen LogP contribution in [-0.2, 0) is 6.42 Å². The van der Waals surface area contributed by atoms with Crippen molar-refractivity contribution in [3.8, 4) is 0 Å². The van der Waals surface area contributed by atoms with Gasteiger partial charge in [0.2, 0.25) is 0 Å². The summed E-state index contributed by atoms with van der Waals surface area (Å²) in [6.45, 7) is 0. The Hall–Kier alpha value is -1.34. The van der Waals surface area contributed by atoms with E-state index in [9.17, 15) is 4.39 Å². The Morgan fingerprint density at radius 1 is 1.00 bits per heavy atom. The topological polar surface area (TPSA) is 0 Å².